The van der Waals surface area contributed by atoms with E-state index in [0.29, 0.717) is 12.4 Å². The Balaban J connectivity index is 1.47. The van der Waals surface area contributed by atoms with Gasteiger partial charge in [-0.25, -0.2) is 15.0 Å². The molecule has 0 aromatic heterocycles. The van der Waals surface area contributed by atoms with Crippen molar-refractivity contribution in [2.24, 2.45) is 0 Å². The molecule has 2 aliphatic rings. The molecule has 0 fully saturated rings. The summed E-state index contributed by atoms with van der Waals surface area (Å²) in [4.78, 5) is 15.4. The van der Waals surface area contributed by atoms with Crippen LogP contribution in [0.1, 0.15) is 17.5 Å². The van der Waals surface area contributed by atoms with Crippen LogP contribution in [0, 0.1) is 13.8 Å². The number of imidazole rings is 1. The first kappa shape index (κ1) is 14.3. The third-order valence-corrected chi connectivity index (χ3v) is 3.30. The lowest BCUT2D eigenvalue weighted by Crippen LogP contribution is -2.10. The van der Waals surface area contributed by atoms with Crippen molar-refractivity contribution in [3.63, 3.8) is 0 Å². The van der Waals surface area contributed by atoms with Crippen LogP contribution < -0.4 is 10.1 Å². The molecule has 0 unspecified atom stereocenters. The molecule has 0 atom stereocenters. The zero-order chi connectivity index (χ0) is 15.4. The van der Waals surface area contributed by atoms with Crippen LogP contribution >= 0.6 is 0 Å². The van der Waals surface area contributed by atoms with Crippen molar-refractivity contribution in [3.8, 4) is 17.3 Å². The summed E-state index contributed by atoms with van der Waals surface area (Å²) in [6.45, 7) is 5.60. The molecule has 1 aromatic rings. The van der Waals surface area contributed by atoms with E-state index in [2.05, 4.69) is 57.3 Å². The highest BCUT2D eigenvalue weighted by Crippen LogP contribution is 2.21. The number of fused-ring (bicyclic) bond motifs is 1. The van der Waals surface area contributed by atoms with Gasteiger partial charge >= 0.3 is 0 Å². The molecule has 0 radical (unpaired) electrons. The summed E-state index contributed by atoms with van der Waals surface area (Å²) in [6, 6.07) is 6.25. The van der Waals surface area contributed by atoms with Gasteiger partial charge in [-0.3, -0.25) is 0 Å². The van der Waals surface area contributed by atoms with Gasteiger partial charge in [-0.15, -0.1) is 0 Å². The van der Waals surface area contributed by atoms with E-state index in [1.54, 1.807) is 6.33 Å². The van der Waals surface area contributed by atoms with Crippen LogP contribution in [0.4, 0.5) is 5.82 Å². The third kappa shape index (κ3) is 3.33. The molecule has 0 bridgehead atoms. The zero-order valence-corrected chi connectivity index (χ0v) is 12.8. The van der Waals surface area contributed by atoms with Crippen LogP contribution in [-0.2, 0) is 0 Å². The first-order chi connectivity index (χ1) is 10.7. The molecule has 1 aromatic carbocycles. The standard InChI is InChI=1S/C16H19N5O/c1-11-6-12(2)8-13(7-11)22-5-3-4-17-15-14-16(19-9-18-14)21-10-20-15/h6-10H,3-5H2,1-2H3,(H2,17,18,19,20,21). The molecular weight excluding hydrogens is 278 g/mol. The van der Waals surface area contributed by atoms with E-state index in [1.165, 1.54) is 17.5 Å². The summed E-state index contributed by atoms with van der Waals surface area (Å²) < 4.78 is 5.79. The summed E-state index contributed by atoms with van der Waals surface area (Å²) in [6.07, 6.45) is 4.02. The van der Waals surface area contributed by atoms with Crippen LogP contribution in [-0.4, -0.2) is 33.1 Å². The highest BCUT2D eigenvalue weighted by Gasteiger charge is 2.11. The third-order valence-electron chi connectivity index (χ3n) is 3.30. The molecule has 2 heterocycles. The average molecular weight is 297 g/mol. The second kappa shape index (κ2) is 6.43. The fourth-order valence-electron chi connectivity index (χ4n) is 2.38. The normalized spacial score (nSPS) is 10.8. The number of ether oxygens (including phenoxy) is 1. The fourth-order valence-corrected chi connectivity index (χ4v) is 2.38. The van der Waals surface area contributed by atoms with Crippen molar-refractivity contribution < 1.29 is 4.74 Å². The molecule has 22 heavy (non-hydrogen) atoms. The van der Waals surface area contributed by atoms with Crippen LogP contribution in [0.15, 0.2) is 30.9 Å². The van der Waals surface area contributed by atoms with Crippen LogP contribution in [0.5, 0.6) is 5.75 Å². The van der Waals surface area contributed by atoms with Gasteiger partial charge in [0.05, 0.1) is 12.9 Å². The van der Waals surface area contributed by atoms with Crippen LogP contribution in [0.25, 0.3) is 11.5 Å². The van der Waals surface area contributed by atoms with E-state index in [4.69, 9.17) is 4.74 Å². The quantitative estimate of drug-likeness (QED) is 0.684. The SMILES string of the molecule is Cc1cc(C)cc(OCCCNc2[nH]cnc3ncnc2-3)c1. The topological polar surface area (TPSA) is 75.7 Å². The molecule has 0 amide bonds. The van der Waals surface area contributed by atoms with Crippen molar-refractivity contribution >= 4 is 5.82 Å². The van der Waals surface area contributed by atoms with E-state index >= 15 is 0 Å². The molecule has 2 N–H and O–H groups in total. The van der Waals surface area contributed by atoms with Crippen LogP contribution in [0.2, 0.25) is 0 Å². The molecule has 0 saturated carbocycles. The van der Waals surface area contributed by atoms with Gasteiger partial charge in [0.25, 0.3) is 0 Å². The van der Waals surface area contributed by atoms with Gasteiger partial charge in [0.1, 0.15) is 23.6 Å². The summed E-state index contributed by atoms with van der Waals surface area (Å²) >= 11 is 0. The Bertz CT molecular complexity index is 704. The summed E-state index contributed by atoms with van der Waals surface area (Å²) in [7, 11) is 0. The number of benzene rings is 1. The Morgan fingerprint density at radius 1 is 1.09 bits per heavy atom. The molecule has 0 saturated heterocycles. The monoisotopic (exact) mass is 297 g/mol. The zero-order valence-electron chi connectivity index (χ0n) is 12.8. The first-order valence-electron chi connectivity index (χ1n) is 7.31. The van der Waals surface area contributed by atoms with E-state index in [-0.39, 0.29) is 0 Å². The number of hydrogen-bond acceptors (Lipinski definition) is 5. The minimum absolute atomic E-state index is 0.646. The average Bonchev–Trinajstić information content (AvgIpc) is 2.95. The number of nitrogens with one attached hydrogen (secondary N) is 2. The maximum absolute atomic E-state index is 5.79. The Labute approximate surface area is 129 Å². The van der Waals surface area contributed by atoms with Crippen molar-refractivity contribution in [1.82, 2.24) is 19.9 Å². The number of nitrogens with zero attached hydrogens (tertiary/aromatic N) is 3. The number of aryl methyl sites for hydroxylation is 2. The Morgan fingerprint density at radius 2 is 1.91 bits per heavy atom. The van der Waals surface area contributed by atoms with Crippen molar-refractivity contribution in [3.05, 3.63) is 42.0 Å². The predicted octanol–water partition coefficient (Wildman–Crippen LogP) is 2.80. The lowest BCUT2D eigenvalue weighted by atomic mass is 10.1. The molecular formula is C16H19N5O. The number of aromatic amines is 1. The van der Waals surface area contributed by atoms with Gasteiger partial charge in [-0.1, -0.05) is 6.07 Å². The largest absolute Gasteiger partial charge is 0.494 e. The van der Waals surface area contributed by atoms with Gasteiger partial charge in [0.2, 0.25) is 0 Å². The lowest BCUT2D eigenvalue weighted by molar-refractivity contribution is 0.314. The Morgan fingerprint density at radius 3 is 2.73 bits per heavy atom. The number of anilines is 1. The fraction of sp³-hybridized carbons (Fsp3) is 0.312. The Hall–Kier alpha value is -2.63. The van der Waals surface area contributed by atoms with E-state index in [9.17, 15) is 0 Å². The number of rotatable bonds is 6. The van der Waals surface area contributed by atoms with Gasteiger partial charge in [0, 0.05) is 6.54 Å². The second-order valence-corrected chi connectivity index (χ2v) is 5.28. The van der Waals surface area contributed by atoms with Gasteiger partial charge in [-0.2, -0.15) is 0 Å². The molecule has 3 rings (SSSR count). The maximum Gasteiger partial charge on any atom is 0.184 e. The molecule has 6 nitrogen and oxygen atoms in total. The van der Waals surface area contributed by atoms with Crippen molar-refractivity contribution in [2.45, 2.75) is 20.3 Å². The molecule has 2 aliphatic heterocycles. The van der Waals surface area contributed by atoms with E-state index in [1.807, 2.05) is 0 Å². The smallest absolute Gasteiger partial charge is 0.184 e. The lowest BCUT2D eigenvalue weighted by Gasteiger charge is -2.10. The van der Waals surface area contributed by atoms with E-state index < -0.39 is 0 Å². The molecule has 0 spiro atoms. The molecule has 114 valence electrons. The summed E-state index contributed by atoms with van der Waals surface area (Å²) in [5, 5.41) is 3.30. The molecule has 0 aliphatic carbocycles. The number of H-pyrrole nitrogens is 1. The maximum atomic E-state index is 5.79. The van der Waals surface area contributed by atoms with E-state index in [0.717, 1.165) is 30.2 Å². The van der Waals surface area contributed by atoms with Crippen molar-refractivity contribution in [2.75, 3.05) is 18.5 Å². The van der Waals surface area contributed by atoms with Gasteiger partial charge < -0.3 is 15.0 Å². The second-order valence-electron chi connectivity index (χ2n) is 5.28. The number of aromatic nitrogens is 4. The highest BCUT2D eigenvalue weighted by atomic mass is 16.5. The first-order valence-corrected chi connectivity index (χ1v) is 7.31. The summed E-state index contributed by atoms with van der Waals surface area (Å²) in [5.41, 5.74) is 3.20. The minimum Gasteiger partial charge on any atom is -0.494 e. The Kier molecular flexibility index (Phi) is 4.18. The predicted molar refractivity (Wildman–Crippen MR) is 85.3 cm³/mol. The summed E-state index contributed by atoms with van der Waals surface area (Å²) in [5.74, 6) is 2.42. The molecule has 6 heteroatoms. The van der Waals surface area contributed by atoms with Crippen LogP contribution in [0.3, 0.4) is 0 Å². The minimum atomic E-state index is 0.646. The van der Waals surface area contributed by atoms with Crippen molar-refractivity contribution in [1.29, 1.82) is 0 Å². The number of hydrogen-bond donors (Lipinski definition) is 2. The van der Waals surface area contributed by atoms with Gasteiger partial charge in [0.15, 0.2) is 5.82 Å². The highest BCUT2D eigenvalue weighted by molar-refractivity contribution is 5.65. The van der Waals surface area contributed by atoms with Gasteiger partial charge in [-0.05, 0) is 43.5 Å².